The van der Waals surface area contributed by atoms with Crippen LogP contribution in [0, 0.1) is 0 Å². The molecular formula is C15H22N2O. The monoisotopic (exact) mass is 246 g/mol. The first kappa shape index (κ1) is 14.2. The Morgan fingerprint density at radius 2 is 2.22 bits per heavy atom. The summed E-state index contributed by atoms with van der Waals surface area (Å²) in [5, 5.41) is 0. The lowest BCUT2D eigenvalue weighted by molar-refractivity contribution is 0.416. The van der Waals surface area contributed by atoms with Crippen molar-refractivity contribution in [2.45, 2.75) is 26.7 Å². The van der Waals surface area contributed by atoms with E-state index in [-0.39, 0.29) is 0 Å². The smallest absolute Gasteiger partial charge is 0.144 e. The Balaban J connectivity index is 3.09. The van der Waals surface area contributed by atoms with Crippen LogP contribution in [0.4, 0.5) is 11.4 Å². The van der Waals surface area contributed by atoms with Crippen molar-refractivity contribution in [3.05, 3.63) is 42.8 Å². The molecule has 0 unspecified atom stereocenters. The summed E-state index contributed by atoms with van der Waals surface area (Å²) in [5.74, 6) is 0.746. The number of nitrogens with zero attached hydrogens (tertiary/aromatic N) is 1. The minimum Gasteiger partial charge on any atom is -0.494 e. The second-order valence-corrected chi connectivity index (χ2v) is 4.25. The van der Waals surface area contributed by atoms with Crippen molar-refractivity contribution < 1.29 is 4.74 Å². The lowest BCUT2D eigenvalue weighted by atomic mass is 10.2. The summed E-state index contributed by atoms with van der Waals surface area (Å²) in [5.41, 5.74) is 8.69. The van der Waals surface area contributed by atoms with Crippen LogP contribution >= 0.6 is 0 Å². The normalized spacial score (nSPS) is 11.2. The molecule has 18 heavy (non-hydrogen) atoms. The van der Waals surface area contributed by atoms with Crippen molar-refractivity contribution in [2.75, 3.05) is 17.7 Å². The number of rotatable bonds is 6. The Morgan fingerprint density at radius 1 is 1.50 bits per heavy atom. The number of allylic oxidation sites excluding steroid dienone is 1. The number of methoxy groups -OCH3 is 1. The molecule has 0 saturated heterocycles. The molecule has 0 aliphatic carbocycles. The second-order valence-electron chi connectivity index (χ2n) is 4.25. The number of hydrogen-bond donors (Lipinski definition) is 1. The van der Waals surface area contributed by atoms with Crippen molar-refractivity contribution in [3.63, 3.8) is 0 Å². The summed E-state index contributed by atoms with van der Waals surface area (Å²) in [6.45, 7) is 8.12. The number of ether oxygens (including phenoxy) is 1. The van der Waals surface area contributed by atoms with E-state index in [1.54, 1.807) is 13.3 Å². The first-order valence-electron chi connectivity index (χ1n) is 6.14. The summed E-state index contributed by atoms with van der Waals surface area (Å²) in [7, 11) is 1.64. The Hall–Kier alpha value is -1.90. The van der Waals surface area contributed by atoms with Crippen LogP contribution in [0.25, 0.3) is 0 Å². The molecule has 0 saturated carbocycles. The summed E-state index contributed by atoms with van der Waals surface area (Å²) < 4.78 is 5.35. The summed E-state index contributed by atoms with van der Waals surface area (Å²) >= 11 is 0. The van der Waals surface area contributed by atoms with Crippen molar-refractivity contribution >= 4 is 11.4 Å². The molecule has 1 aromatic rings. The maximum absolute atomic E-state index is 5.75. The fourth-order valence-electron chi connectivity index (χ4n) is 1.82. The van der Waals surface area contributed by atoms with Gasteiger partial charge < -0.3 is 15.4 Å². The predicted octanol–water partition coefficient (Wildman–Crippen LogP) is 3.93. The summed E-state index contributed by atoms with van der Waals surface area (Å²) in [4.78, 5) is 1.96. The highest BCUT2D eigenvalue weighted by molar-refractivity contribution is 5.66. The zero-order valence-corrected chi connectivity index (χ0v) is 11.4. The zero-order valence-electron chi connectivity index (χ0n) is 11.4. The molecule has 0 amide bonds. The third-order valence-corrected chi connectivity index (χ3v) is 2.68. The van der Waals surface area contributed by atoms with E-state index < -0.39 is 0 Å². The second kappa shape index (κ2) is 6.74. The van der Waals surface area contributed by atoms with E-state index >= 15 is 0 Å². The van der Waals surface area contributed by atoms with Crippen molar-refractivity contribution in [1.29, 1.82) is 0 Å². The number of benzene rings is 1. The van der Waals surface area contributed by atoms with Crippen molar-refractivity contribution in [1.82, 2.24) is 0 Å². The largest absolute Gasteiger partial charge is 0.494 e. The van der Waals surface area contributed by atoms with Crippen LogP contribution in [-0.2, 0) is 0 Å². The average Bonchev–Trinajstić information content (AvgIpc) is 2.36. The molecule has 0 fully saturated rings. The standard InChI is InChI=1S/C15H22N2O/c1-5-7-12(3)11-17(6-2)14-9-8-13(16)10-15(14)18-4/h6,8-11H,2,5,7,16H2,1,3-4H3/b12-11-. The van der Waals surface area contributed by atoms with Crippen LogP contribution in [0.5, 0.6) is 5.75 Å². The minimum atomic E-state index is 0.689. The van der Waals surface area contributed by atoms with Crippen molar-refractivity contribution in [2.24, 2.45) is 0 Å². The number of nitrogens with two attached hydrogens (primary N) is 1. The Labute approximate surface area is 110 Å². The van der Waals surface area contributed by atoms with Gasteiger partial charge in [-0.05, 0) is 25.5 Å². The van der Waals surface area contributed by atoms with Crippen LogP contribution < -0.4 is 15.4 Å². The Morgan fingerprint density at radius 3 is 2.78 bits per heavy atom. The molecule has 0 aliphatic heterocycles. The molecule has 0 aromatic heterocycles. The van der Waals surface area contributed by atoms with Gasteiger partial charge in [0.2, 0.25) is 0 Å². The van der Waals surface area contributed by atoms with Crippen LogP contribution in [0.3, 0.4) is 0 Å². The maximum Gasteiger partial charge on any atom is 0.144 e. The highest BCUT2D eigenvalue weighted by Crippen LogP contribution is 2.31. The molecule has 3 heteroatoms. The Kier molecular flexibility index (Phi) is 5.31. The van der Waals surface area contributed by atoms with Gasteiger partial charge in [0.25, 0.3) is 0 Å². The van der Waals surface area contributed by atoms with Crippen LogP contribution in [-0.4, -0.2) is 7.11 Å². The van der Waals surface area contributed by atoms with Gasteiger partial charge >= 0.3 is 0 Å². The third kappa shape index (κ3) is 3.55. The summed E-state index contributed by atoms with van der Waals surface area (Å²) in [6, 6.07) is 5.61. The third-order valence-electron chi connectivity index (χ3n) is 2.68. The SMILES string of the molecule is C=CN(/C=C(/C)CCC)c1ccc(N)cc1OC. The van der Waals surface area contributed by atoms with Gasteiger partial charge in [-0.2, -0.15) is 0 Å². The molecule has 0 spiro atoms. The molecule has 2 N–H and O–H groups in total. The first-order chi connectivity index (χ1) is 8.62. The van der Waals surface area contributed by atoms with E-state index in [4.69, 9.17) is 10.5 Å². The fourth-order valence-corrected chi connectivity index (χ4v) is 1.82. The number of hydrogen-bond acceptors (Lipinski definition) is 3. The Bertz CT molecular complexity index is 438. The molecule has 0 aliphatic rings. The lowest BCUT2D eigenvalue weighted by Crippen LogP contribution is -2.09. The van der Waals surface area contributed by atoms with Crippen LogP contribution in [0.1, 0.15) is 26.7 Å². The van der Waals surface area contributed by atoms with Gasteiger partial charge in [-0.25, -0.2) is 0 Å². The molecule has 0 atom stereocenters. The van der Waals surface area contributed by atoms with Gasteiger partial charge in [0, 0.05) is 24.2 Å². The zero-order chi connectivity index (χ0) is 13.5. The molecule has 0 heterocycles. The summed E-state index contributed by atoms with van der Waals surface area (Å²) in [6.07, 6.45) is 6.05. The topological polar surface area (TPSA) is 38.5 Å². The van der Waals surface area contributed by atoms with E-state index in [0.29, 0.717) is 5.69 Å². The quantitative estimate of drug-likeness (QED) is 0.773. The maximum atomic E-state index is 5.75. The average molecular weight is 246 g/mol. The van der Waals surface area contributed by atoms with Crippen molar-refractivity contribution in [3.8, 4) is 5.75 Å². The van der Waals surface area contributed by atoms with E-state index in [1.807, 2.05) is 23.1 Å². The molecule has 98 valence electrons. The van der Waals surface area contributed by atoms with E-state index in [1.165, 1.54) is 5.57 Å². The van der Waals surface area contributed by atoms with Gasteiger partial charge in [-0.15, -0.1) is 0 Å². The first-order valence-corrected chi connectivity index (χ1v) is 6.14. The lowest BCUT2D eigenvalue weighted by Gasteiger charge is -2.20. The molecule has 1 rings (SSSR count). The van der Waals surface area contributed by atoms with Gasteiger partial charge in [-0.1, -0.05) is 25.5 Å². The van der Waals surface area contributed by atoms with E-state index in [2.05, 4.69) is 26.6 Å². The van der Waals surface area contributed by atoms with Gasteiger partial charge in [-0.3, -0.25) is 0 Å². The number of anilines is 2. The van der Waals surface area contributed by atoms with Crippen LogP contribution in [0.2, 0.25) is 0 Å². The molecule has 0 radical (unpaired) electrons. The molecule has 1 aromatic carbocycles. The molecular weight excluding hydrogens is 224 g/mol. The highest BCUT2D eigenvalue weighted by atomic mass is 16.5. The molecule has 3 nitrogen and oxygen atoms in total. The number of nitrogen functional groups attached to an aromatic ring is 1. The van der Waals surface area contributed by atoms with E-state index in [0.717, 1.165) is 24.3 Å². The van der Waals surface area contributed by atoms with Gasteiger partial charge in [0.1, 0.15) is 5.75 Å². The highest BCUT2D eigenvalue weighted by Gasteiger charge is 2.08. The van der Waals surface area contributed by atoms with Gasteiger partial charge in [0.05, 0.1) is 12.8 Å². The predicted molar refractivity (Wildman–Crippen MR) is 78.7 cm³/mol. The van der Waals surface area contributed by atoms with E-state index in [9.17, 15) is 0 Å². The minimum absolute atomic E-state index is 0.689. The van der Waals surface area contributed by atoms with Gasteiger partial charge in [0.15, 0.2) is 0 Å². The fraction of sp³-hybridized carbons (Fsp3) is 0.333. The van der Waals surface area contributed by atoms with Crippen LogP contribution in [0.15, 0.2) is 42.8 Å². The molecule has 0 bridgehead atoms.